The van der Waals surface area contributed by atoms with E-state index in [0.717, 1.165) is 13.1 Å². The molecule has 0 aliphatic carbocycles. The zero-order valence-electron chi connectivity index (χ0n) is 6.45. The molecule has 0 amide bonds. The molecule has 0 bridgehead atoms. The Morgan fingerprint density at radius 3 is 2.82 bits per heavy atom. The molecule has 0 radical (unpaired) electrons. The Balaban J connectivity index is 2.09. The number of rotatable bonds is 3. The number of nitrogens with zero attached hydrogens (tertiary/aromatic N) is 2. The second-order valence-corrected chi connectivity index (χ2v) is 3.83. The largest absolute Gasteiger partial charge is 0.300 e. The lowest BCUT2D eigenvalue weighted by atomic mass is 10.4. The van der Waals surface area contributed by atoms with Gasteiger partial charge in [-0.15, -0.1) is 0 Å². The maximum absolute atomic E-state index is 4.48. The van der Waals surface area contributed by atoms with Crippen LogP contribution in [0.1, 0.15) is 0 Å². The predicted octanol–water partition coefficient (Wildman–Crippen LogP) is 1.14. The molecule has 1 heterocycles. The normalized spacial score (nSPS) is 19.3. The van der Waals surface area contributed by atoms with Crippen molar-refractivity contribution in [2.45, 2.75) is 0 Å². The van der Waals surface area contributed by atoms with Crippen LogP contribution < -0.4 is 0 Å². The highest BCUT2D eigenvalue weighted by Crippen LogP contribution is 2.07. The lowest BCUT2D eigenvalue weighted by Crippen LogP contribution is -2.34. The molecule has 0 aromatic carbocycles. The Labute approximate surface area is 77.1 Å². The number of isothiocyanates is 1. The van der Waals surface area contributed by atoms with E-state index in [1.807, 2.05) is 11.8 Å². The zero-order valence-corrected chi connectivity index (χ0v) is 8.09. The van der Waals surface area contributed by atoms with E-state index in [-0.39, 0.29) is 0 Å². The van der Waals surface area contributed by atoms with E-state index in [2.05, 4.69) is 27.3 Å². The third kappa shape index (κ3) is 3.87. The highest BCUT2D eigenvalue weighted by molar-refractivity contribution is 7.99. The van der Waals surface area contributed by atoms with Gasteiger partial charge in [0.1, 0.15) is 0 Å². The smallest absolute Gasteiger partial charge is 0.0620 e. The molecule has 1 saturated heterocycles. The van der Waals surface area contributed by atoms with Crippen LogP contribution in [0.5, 0.6) is 0 Å². The molecule has 1 rings (SSSR count). The van der Waals surface area contributed by atoms with Crippen molar-refractivity contribution in [2.24, 2.45) is 4.99 Å². The first-order valence-corrected chi connectivity index (χ1v) is 5.33. The van der Waals surface area contributed by atoms with Crippen LogP contribution in [-0.4, -0.2) is 47.7 Å². The van der Waals surface area contributed by atoms with E-state index in [9.17, 15) is 0 Å². The molecule has 0 unspecified atom stereocenters. The summed E-state index contributed by atoms with van der Waals surface area (Å²) >= 11 is 6.51. The van der Waals surface area contributed by atoms with Crippen LogP contribution in [0.4, 0.5) is 0 Å². The zero-order chi connectivity index (χ0) is 7.94. The monoisotopic (exact) mass is 188 g/mol. The Morgan fingerprint density at radius 2 is 2.18 bits per heavy atom. The van der Waals surface area contributed by atoms with Crippen molar-refractivity contribution in [3.8, 4) is 0 Å². The second-order valence-electron chi connectivity index (χ2n) is 2.43. The summed E-state index contributed by atoms with van der Waals surface area (Å²) in [5.74, 6) is 2.53. The van der Waals surface area contributed by atoms with E-state index in [1.54, 1.807) is 0 Å². The third-order valence-corrected chi connectivity index (χ3v) is 2.77. The van der Waals surface area contributed by atoms with E-state index in [0.29, 0.717) is 0 Å². The van der Waals surface area contributed by atoms with Gasteiger partial charge in [0.15, 0.2) is 0 Å². The summed E-state index contributed by atoms with van der Waals surface area (Å²) in [5, 5.41) is 2.38. The molecule has 0 N–H and O–H groups in total. The van der Waals surface area contributed by atoms with Crippen LogP contribution in [0.3, 0.4) is 0 Å². The Hall–Kier alpha value is 0.110. The molecule has 1 aliphatic heterocycles. The van der Waals surface area contributed by atoms with Crippen molar-refractivity contribution in [2.75, 3.05) is 37.7 Å². The summed E-state index contributed by atoms with van der Waals surface area (Å²) in [6, 6.07) is 0. The summed E-state index contributed by atoms with van der Waals surface area (Å²) in [6.45, 7) is 4.27. The van der Waals surface area contributed by atoms with Gasteiger partial charge in [0.25, 0.3) is 0 Å². The van der Waals surface area contributed by atoms with Gasteiger partial charge in [0.05, 0.1) is 11.7 Å². The van der Waals surface area contributed by atoms with Gasteiger partial charge in [-0.25, -0.2) is 4.99 Å². The molecular weight excluding hydrogens is 176 g/mol. The highest BCUT2D eigenvalue weighted by atomic mass is 32.2. The number of hydrogen-bond acceptors (Lipinski definition) is 4. The Morgan fingerprint density at radius 1 is 1.45 bits per heavy atom. The minimum atomic E-state index is 0.814. The molecule has 0 atom stereocenters. The summed E-state index contributed by atoms with van der Waals surface area (Å²) < 4.78 is 0. The molecule has 4 heteroatoms. The molecule has 11 heavy (non-hydrogen) atoms. The first kappa shape index (κ1) is 9.20. The van der Waals surface area contributed by atoms with Gasteiger partial charge in [-0.05, 0) is 12.2 Å². The lowest BCUT2D eigenvalue weighted by Gasteiger charge is -2.24. The van der Waals surface area contributed by atoms with Crippen LogP contribution in [0.25, 0.3) is 0 Å². The second kappa shape index (κ2) is 5.72. The first-order chi connectivity index (χ1) is 5.43. The van der Waals surface area contributed by atoms with Crippen molar-refractivity contribution >= 4 is 29.1 Å². The number of hydrogen-bond donors (Lipinski definition) is 0. The molecule has 0 saturated carbocycles. The average Bonchev–Trinajstić information content (AvgIpc) is 2.07. The van der Waals surface area contributed by atoms with E-state index < -0.39 is 0 Å². The summed E-state index contributed by atoms with van der Waals surface area (Å²) in [5.41, 5.74) is 0. The first-order valence-electron chi connectivity index (χ1n) is 3.77. The third-order valence-electron chi connectivity index (χ3n) is 1.70. The van der Waals surface area contributed by atoms with Crippen molar-refractivity contribution in [1.29, 1.82) is 0 Å². The van der Waals surface area contributed by atoms with Gasteiger partial charge in [0, 0.05) is 31.1 Å². The van der Waals surface area contributed by atoms with Crippen molar-refractivity contribution < 1.29 is 0 Å². The highest BCUT2D eigenvalue weighted by Gasteiger charge is 2.08. The van der Waals surface area contributed by atoms with E-state index >= 15 is 0 Å². The fourth-order valence-corrected chi connectivity index (χ4v) is 2.13. The van der Waals surface area contributed by atoms with Crippen molar-refractivity contribution in [3.05, 3.63) is 0 Å². The number of thiocarbonyl (C=S) groups is 1. The topological polar surface area (TPSA) is 15.6 Å². The minimum Gasteiger partial charge on any atom is -0.300 e. The fourth-order valence-electron chi connectivity index (χ4n) is 1.06. The minimum absolute atomic E-state index is 0.814. The molecule has 0 aromatic rings. The maximum atomic E-state index is 4.48. The summed E-state index contributed by atoms with van der Waals surface area (Å²) in [7, 11) is 0. The van der Waals surface area contributed by atoms with Crippen LogP contribution in [0.15, 0.2) is 4.99 Å². The van der Waals surface area contributed by atoms with Gasteiger partial charge in [-0.3, -0.25) is 4.90 Å². The van der Waals surface area contributed by atoms with Crippen molar-refractivity contribution in [3.63, 3.8) is 0 Å². The predicted molar refractivity (Wildman–Crippen MR) is 53.7 cm³/mol. The molecule has 1 aliphatic rings. The molecule has 0 aromatic heterocycles. The Kier molecular flexibility index (Phi) is 4.79. The molecule has 0 spiro atoms. The van der Waals surface area contributed by atoms with Gasteiger partial charge < -0.3 is 0 Å². The Bertz CT molecular complexity index is 149. The maximum Gasteiger partial charge on any atom is 0.0620 e. The molecule has 62 valence electrons. The SMILES string of the molecule is S=C=NCCN1CCSCC1. The molecule has 2 nitrogen and oxygen atoms in total. The van der Waals surface area contributed by atoms with Crippen LogP contribution in [-0.2, 0) is 0 Å². The van der Waals surface area contributed by atoms with Gasteiger partial charge >= 0.3 is 0 Å². The van der Waals surface area contributed by atoms with Gasteiger partial charge in [-0.1, -0.05) is 0 Å². The average molecular weight is 188 g/mol. The summed E-state index contributed by atoms with van der Waals surface area (Å²) in [6.07, 6.45) is 0. The van der Waals surface area contributed by atoms with E-state index in [4.69, 9.17) is 0 Å². The molecule has 1 fully saturated rings. The fraction of sp³-hybridized carbons (Fsp3) is 0.857. The van der Waals surface area contributed by atoms with Crippen LogP contribution >= 0.6 is 24.0 Å². The van der Waals surface area contributed by atoms with Crippen LogP contribution in [0, 0.1) is 0 Å². The number of aliphatic imine (C=N–C) groups is 1. The number of thioether (sulfide) groups is 1. The van der Waals surface area contributed by atoms with Gasteiger partial charge in [-0.2, -0.15) is 11.8 Å². The van der Waals surface area contributed by atoms with Gasteiger partial charge in [0.2, 0.25) is 0 Å². The van der Waals surface area contributed by atoms with Crippen LogP contribution in [0.2, 0.25) is 0 Å². The molecular formula is C7H12N2S2. The summed E-state index contributed by atoms with van der Waals surface area (Å²) in [4.78, 5) is 6.31. The lowest BCUT2D eigenvalue weighted by molar-refractivity contribution is 0.312. The van der Waals surface area contributed by atoms with Crippen molar-refractivity contribution in [1.82, 2.24) is 4.90 Å². The quantitative estimate of drug-likeness (QED) is 0.488. The van der Waals surface area contributed by atoms with E-state index in [1.165, 1.54) is 24.6 Å². The standard InChI is InChI=1S/C7H12N2S2/c10-7-8-1-2-9-3-5-11-6-4-9/h1-6H2.